The van der Waals surface area contributed by atoms with E-state index in [1.54, 1.807) is 13.3 Å². The molecule has 0 unspecified atom stereocenters. The molecule has 2 aromatic carbocycles. The lowest BCUT2D eigenvalue weighted by Gasteiger charge is -2.13. The lowest BCUT2D eigenvalue weighted by molar-refractivity contribution is 0.415. The third-order valence-corrected chi connectivity index (χ3v) is 4.78. The van der Waals surface area contributed by atoms with Crippen molar-refractivity contribution in [3.8, 4) is 17.4 Å². The average molecular weight is 438 g/mol. The lowest BCUT2D eigenvalue weighted by atomic mass is 10.2. The van der Waals surface area contributed by atoms with Gasteiger partial charge in [-0.25, -0.2) is 4.98 Å². The summed E-state index contributed by atoms with van der Waals surface area (Å²) in [6.07, 6.45) is 3.10. The smallest absolute Gasteiger partial charge is 0.248 e. The first-order valence-electron chi connectivity index (χ1n) is 8.38. The van der Waals surface area contributed by atoms with Crippen LogP contribution >= 0.6 is 15.9 Å². The van der Waals surface area contributed by atoms with Crippen LogP contribution in [0, 0.1) is 0 Å². The topological polar surface area (TPSA) is 95.2 Å². The zero-order valence-corrected chi connectivity index (χ0v) is 16.5. The number of aromatic nitrogens is 3. The Balaban J connectivity index is 1.65. The number of rotatable bonds is 5. The molecule has 28 heavy (non-hydrogen) atoms. The molecule has 4 aromatic rings. The third kappa shape index (κ3) is 3.54. The molecule has 2 aromatic heterocycles. The first-order chi connectivity index (χ1) is 13.7. The number of nitrogens with two attached hydrogens (primary N) is 1. The molecule has 0 atom stereocenters. The number of methoxy groups -OCH3 is 1. The van der Waals surface area contributed by atoms with Gasteiger partial charge in [0, 0.05) is 21.7 Å². The summed E-state index contributed by atoms with van der Waals surface area (Å²) in [4.78, 5) is 12.8. The largest absolute Gasteiger partial charge is 0.497 e. The van der Waals surface area contributed by atoms with Crippen LogP contribution in [-0.2, 0) is 0 Å². The molecule has 0 spiro atoms. The molecule has 0 saturated carbocycles. The number of halogens is 1. The van der Waals surface area contributed by atoms with Crippen molar-refractivity contribution in [2.45, 2.75) is 0 Å². The first kappa shape index (κ1) is 18.0. The van der Waals surface area contributed by atoms with Crippen molar-refractivity contribution in [3.05, 3.63) is 65.5 Å². The van der Waals surface area contributed by atoms with Crippen molar-refractivity contribution < 1.29 is 9.47 Å². The Bertz CT molecular complexity index is 1140. The van der Waals surface area contributed by atoms with Crippen molar-refractivity contribution in [1.29, 1.82) is 0 Å². The summed E-state index contributed by atoms with van der Waals surface area (Å²) in [5.74, 6) is 2.02. The van der Waals surface area contributed by atoms with Gasteiger partial charge >= 0.3 is 0 Å². The Kier molecular flexibility index (Phi) is 4.94. The van der Waals surface area contributed by atoms with E-state index in [0.29, 0.717) is 22.8 Å². The fraction of sp³-hybridized carbons (Fsp3) is 0.0500. The minimum atomic E-state index is 0.250. The predicted octanol–water partition coefficient (Wildman–Crippen LogP) is 4.91. The van der Waals surface area contributed by atoms with E-state index in [4.69, 9.17) is 15.2 Å². The Morgan fingerprint density at radius 2 is 1.82 bits per heavy atom. The summed E-state index contributed by atoms with van der Waals surface area (Å²) in [6, 6.07) is 15.0. The quantitative estimate of drug-likeness (QED) is 0.457. The zero-order chi connectivity index (χ0) is 19.5. The van der Waals surface area contributed by atoms with Crippen LogP contribution in [0.1, 0.15) is 0 Å². The van der Waals surface area contributed by atoms with E-state index in [2.05, 4.69) is 36.2 Å². The van der Waals surface area contributed by atoms with E-state index in [0.717, 1.165) is 21.3 Å². The highest BCUT2D eigenvalue weighted by Gasteiger charge is 2.14. The van der Waals surface area contributed by atoms with Gasteiger partial charge in [0.05, 0.1) is 7.11 Å². The standard InChI is InChI=1S/C20H16BrN5O2/c1-27-13-6-4-12(5-7-13)26-19-17(22)20(25-11-24-19)28-16-9-8-15(21)14-3-2-10-23-18(14)16/h2-11H,22H2,1H3,(H,24,25,26). The highest BCUT2D eigenvalue weighted by atomic mass is 79.9. The minimum absolute atomic E-state index is 0.250. The van der Waals surface area contributed by atoms with Gasteiger partial charge in [0.15, 0.2) is 11.6 Å². The molecule has 0 aliphatic heterocycles. The summed E-state index contributed by atoms with van der Waals surface area (Å²) in [5.41, 5.74) is 8.06. The van der Waals surface area contributed by atoms with Gasteiger partial charge in [-0.15, -0.1) is 0 Å². The number of hydrogen-bond acceptors (Lipinski definition) is 7. The molecular weight excluding hydrogens is 422 g/mol. The van der Waals surface area contributed by atoms with Crippen LogP contribution in [0.5, 0.6) is 17.4 Å². The van der Waals surface area contributed by atoms with E-state index in [9.17, 15) is 0 Å². The SMILES string of the molecule is COc1ccc(Nc2ncnc(Oc3ccc(Br)c4cccnc34)c2N)cc1. The van der Waals surface area contributed by atoms with E-state index in [-0.39, 0.29) is 5.88 Å². The zero-order valence-electron chi connectivity index (χ0n) is 14.9. The summed E-state index contributed by atoms with van der Waals surface area (Å²) in [5, 5.41) is 4.10. The fourth-order valence-electron chi connectivity index (χ4n) is 2.67. The molecule has 7 nitrogen and oxygen atoms in total. The number of pyridine rings is 1. The van der Waals surface area contributed by atoms with Gasteiger partial charge in [0.1, 0.15) is 23.3 Å². The number of fused-ring (bicyclic) bond motifs is 1. The Morgan fingerprint density at radius 1 is 1.00 bits per heavy atom. The Labute approximate surface area is 169 Å². The molecule has 0 saturated heterocycles. The Morgan fingerprint density at radius 3 is 2.61 bits per heavy atom. The maximum Gasteiger partial charge on any atom is 0.248 e. The predicted molar refractivity (Wildman–Crippen MR) is 112 cm³/mol. The number of nitrogens with zero attached hydrogens (tertiary/aromatic N) is 3. The fourth-order valence-corrected chi connectivity index (χ4v) is 3.12. The van der Waals surface area contributed by atoms with Gasteiger partial charge in [0.2, 0.25) is 5.88 Å². The summed E-state index contributed by atoms with van der Waals surface area (Å²) in [6.45, 7) is 0. The van der Waals surface area contributed by atoms with Crippen molar-refractivity contribution in [2.75, 3.05) is 18.2 Å². The second kappa shape index (κ2) is 7.69. The van der Waals surface area contributed by atoms with Crippen LogP contribution in [-0.4, -0.2) is 22.1 Å². The lowest BCUT2D eigenvalue weighted by Crippen LogP contribution is -2.03. The number of nitrogens with one attached hydrogen (secondary N) is 1. The van der Waals surface area contributed by atoms with Crippen molar-refractivity contribution >= 4 is 44.0 Å². The molecule has 8 heteroatoms. The molecule has 0 amide bonds. The summed E-state index contributed by atoms with van der Waals surface area (Å²) in [7, 11) is 1.62. The van der Waals surface area contributed by atoms with Crippen LogP contribution < -0.4 is 20.5 Å². The molecule has 0 bridgehead atoms. The molecule has 0 radical (unpaired) electrons. The molecule has 0 aliphatic rings. The van der Waals surface area contributed by atoms with E-state index in [1.165, 1.54) is 6.33 Å². The van der Waals surface area contributed by atoms with Crippen LogP contribution in [0.2, 0.25) is 0 Å². The van der Waals surface area contributed by atoms with Gasteiger partial charge in [-0.3, -0.25) is 4.98 Å². The van der Waals surface area contributed by atoms with Gasteiger partial charge in [-0.05, 0) is 42.5 Å². The Hall–Kier alpha value is -3.39. The highest BCUT2D eigenvalue weighted by molar-refractivity contribution is 9.10. The molecule has 0 aliphatic carbocycles. The van der Waals surface area contributed by atoms with E-state index >= 15 is 0 Å². The monoisotopic (exact) mass is 437 g/mol. The molecular formula is C20H16BrN5O2. The van der Waals surface area contributed by atoms with Crippen LogP contribution in [0.4, 0.5) is 17.2 Å². The highest BCUT2D eigenvalue weighted by Crippen LogP contribution is 2.36. The number of anilines is 3. The number of hydrogen-bond donors (Lipinski definition) is 2. The maximum absolute atomic E-state index is 6.24. The molecule has 2 heterocycles. The van der Waals surface area contributed by atoms with Crippen molar-refractivity contribution in [2.24, 2.45) is 0 Å². The van der Waals surface area contributed by atoms with E-state index < -0.39 is 0 Å². The van der Waals surface area contributed by atoms with Crippen LogP contribution in [0.25, 0.3) is 10.9 Å². The second-order valence-electron chi connectivity index (χ2n) is 5.84. The molecule has 0 fully saturated rings. The molecule has 4 rings (SSSR count). The number of ether oxygens (including phenoxy) is 2. The maximum atomic E-state index is 6.24. The average Bonchev–Trinajstić information content (AvgIpc) is 2.73. The molecule has 140 valence electrons. The second-order valence-corrected chi connectivity index (χ2v) is 6.70. The van der Waals surface area contributed by atoms with E-state index in [1.807, 2.05) is 48.5 Å². The van der Waals surface area contributed by atoms with Gasteiger partial charge < -0.3 is 20.5 Å². The summed E-state index contributed by atoms with van der Waals surface area (Å²) < 4.78 is 12.1. The van der Waals surface area contributed by atoms with Gasteiger partial charge in [0.25, 0.3) is 0 Å². The van der Waals surface area contributed by atoms with Gasteiger partial charge in [-0.2, -0.15) is 4.98 Å². The third-order valence-electron chi connectivity index (χ3n) is 4.09. The number of nitrogen functional groups attached to an aromatic ring is 1. The van der Waals surface area contributed by atoms with Crippen molar-refractivity contribution in [1.82, 2.24) is 15.0 Å². The van der Waals surface area contributed by atoms with Crippen LogP contribution in [0.3, 0.4) is 0 Å². The number of benzene rings is 2. The van der Waals surface area contributed by atoms with Crippen LogP contribution in [0.15, 0.2) is 65.5 Å². The summed E-state index contributed by atoms with van der Waals surface area (Å²) >= 11 is 3.53. The minimum Gasteiger partial charge on any atom is -0.497 e. The van der Waals surface area contributed by atoms with Crippen molar-refractivity contribution in [3.63, 3.8) is 0 Å². The first-order valence-corrected chi connectivity index (χ1v) is 9.17. The molecule has 3 N–H and O–H groups in total. The van der Waals surface area contributed by atoms with Gasteiger partial charge in [-0.1, -0.05) is 22.0 Å². The normalized spacial score (nSPS) is 10.6.